The van der Waals surface area contributed by atoms with Gasteiger partial charge in [-0.15, -0.1) is 0 Å². The molecule has 11 heavy (non-hydrogen) atoms. The topological polar surface area (TPSA) is 3.24 Å². The Morgan fingerprint density at radius 1 is 1.45 bits per heavy atom. The van der Waals surface area contributed by atoms with Crippen molar-refractivity contribution in [1.29, 1.82) is 0 Å². The molecule has 2 rings (SSSR count). The molecule has 0 N–H and O–H groups in total. The van der Waals surface area contributed by atoms with Gasteiger partial charge < -0.3 is 3.11 Å². The third-order valence-electron chi connectivity index (χ3n) is 1.71. The van der Waals surface area contributed by atoms with E-state index in [9.17, 15) is 0 Å². The van der Waals surface area contributed by atoms with Crippen molar-refractivity contribution in [3.05, 3.63) is 24.3 Å². The molecule has 0 amide bonds. The van der Waals surface area contributed by atoms with E-state index in [1.807, 2.05) is 11.8 Å². The number of anilines is 1. The average molecular weight is 277 g/mol. The van der Waals surface area contributed by atoms with Crippen LogP contribution in [0.3, 0.4) is 0 Å². The lowest BCUT2D eigenvalue weighted by Gasteiger charge is -2.13. The minimum absolute atomic E-state index is 0.577. The summed E-state index contributed by atoms with van der Waals surface area (Å²) in [6, 6.07) is 8.52. The van der Waals surface area contributed by atoms with Crippen molar-refractivity contribution in [1.82, 2.24) is 0 Å². The van der Waals surface area contributed by atoms with Crippen LogP contribution >= 0.6 is 34.6 Å². The molecule has 1 aromatic carbocycles. The molecule has 0 saturated carbocycles. The fraction of sp³-hybridized carbons (Fsp3) is 0.250. The summed E-state index contributed by atoms with van der Waals surface area (Å²) in [4.78, 5) is 1.40. The summed E-state index contributed by atoms with van der Waals surface area (Å²) in [6.07, 6.45) is 0. The molecule has 0 aromatic heterocycles. The summed E-state index contributed by atoms with van der Waals surface area (Å²) >= 11 is 4.28. The van der Waals surface area contributed by atoms with E-state index in [1.54, 1.807) is 0 Å². The Labute approximate surface area is 84.7 Å². The Morgan fingerprint density at radius 2 is 2.18 bits per heavy atom. The van der Waals surface area contributed by atoms with Crippen LogP contribution < -0.4 is 3.11 Å². The Morgan fingerprint density at radius 3 is 2.91 bits per heavy atom. The van der Waals surface area contributed by atoms with Crippen LogP contribution in [0.4, 0.5) is 5.69 Å². The number of hydrogen-bond acceptors (Lipinski definition) is 2. The summed E-state index contributed by atoms with van der Waals surface area (Å²) in [7, 11) is 0. The molecule has 3 heteroatoms. The minimum atomic E-state index is 0.577. The van der Waals surface area contributed by atoms with Crippen LogP contribution in [0.15, 0.2) is 29.2 Å². The van der Waals surface area contributed by atoms with Gasteiger partial charge in [0.2, 0.25) is 0 Å². The Kier molecular flexibility index (Phi) is 2.01. The van der Waals surface area contributed by atoms with E-state index in [0.29, 0.717) is 5.37 Å². The van der Waals surface area contributed by atoms with E-state index in [4.69, 9.17) is 0 Å². The normalized spacial score (nSPS) is 22.0. The van der Waals surface area contributed by atoms with Gasteiger partial charge in [0, 0.05) is 4.90 Å². The lowest BCUT2D eigenvalue weighted by Crippen LogP contribution is -2.12. The predicted octanol–water partition coefficient (Wildman–Crippen LogP) is 3.29. The van der Waals surface area contributed by atoms with Crippen molar-refractivity contribution in [3.8, 4) is 0 Å². The smallest absolute Gasteiger partial charge is 0.0864 e. The first kappa shape index (κ1) is 7.73. The molecular formula is C8H8INS. The van der Waals surface area contributed by atoms with Crippen LogP contribution in [-0.2, 0) is 0 Å². The maximum absolute atomic E-state index is 2.36. The Hall–Kier alpha value is 0.1000. The maximum Gasteiger partial charge on any atom is 0.0864 e. The molecule has 1 aromatic rings. The number of rotatable bonds is 0. The van der Waals surface area contributed by atoms with Crippen molar-refractivity contribution in [2.75, 3.05) is 3.11 Å². The zero-order valence-corrected chi connectivity index (χ0v) is 9.09. The summed E-state index contributed by atoms with van der Waals surface area (Å²) in [5.74, 6) is 0. The first-order valence-electron chi connectivity index (χ1n) is 3.50. The van der Waals surface area contributed by atoms with Gasteiger partial charge >= 0.3 is 0 Å². The summed E-state index contributed by atoms with van der Waals surface area (Å²) in [5.41, 5.74) is 1.35. The molecule has 1 nitrogen and oxygen atoms in total. The third-order valence-corrected chi connectivity index (χ3v) is 4.60. The van der Waals surface area contributed by atoms with Gasteiger partial charge in [0.25, 0.3) is 0 Å². The number of nitrogens with zero attached hydrogens (tertiary/aromatic N) is 1. The largest absolute Gasteiger partial charge is 0.301 e. The van der Waals surface area contributed by atoms with Crippen LogP contribution in [0.5, 0.6) is 0 Å². The zero-order valence-electron chi connectivity index (χ0n) is 6.12. The quantitative estimate of drug-likeness (QED) is 0.529. The first-order chi connectivity index (χ1) is 5.29. The molecule has 0 radical (unpaired) electrons. The van der Waals surface area contributed by atoms with E-state index < -0.39 is 0 Å². The van der Waals surface area contributed by atoms with Crippen LogP contribution in [0, 0.1) is 0 Å². The second-order valence-electron chi connectivity index (χ2n) is 2.50. The fourth-order valence-electron chi connectivity index (χ4n) is 1.16. The van der Waals surface area contributed by atoms with Gasteiger partial charge in [-0.05, 0) is 19.1 Å². The van der Waals surface area contributed by atoms with Crippen LogP contribution in [-0.4, -0.2) is 5.37 Å². The molecule has 1 aliphatic heterocycles. The highest BCUT2D eigenvalue weighted by molar-refractivity contribution is 14.1. The Bertz CT molecular complexity index is 277. The van der Waals surface area contributed by atoms with Crippen LogP contribution in [0.1, 0.15) is 6.92 Å². The lowest BCUT2D eigenvalue weighted by atomic mass is 10.3. The average Bonchev–Trinajstić information content (AvgIpc) is 2.30. The second kappa shape index (κ2) is 2.86. The zero-order chi connectivity index (χ0) is 7.84. The van der Waals surface area contributed by atoms with Gasteiger partial charge in [-0.1, -0.05) is 23.9 Å². The number of benzene rings is 1. The predicted molar refractivity (Wildman–Crippen MR) is 58.3 cm³/mol. The number of hydrogen-bond donors (Lipinski definition) is 0. The Balaban J connectivity index is 2.47. The van der Waals surface area contributed by atoms with Gasteiger partial charge in [-0.2, -0.15) is 0 Å². The fourth-order valence-corrected chi connectivity index (χ4v) is 3.10. The number of thioether (sulfide) groups is 1. The molecular weight excluding hydrogens is 269 g/mol. The number of halogens is 1. The monoisotopic (exact) mass is 277 g/mol. The minimum Gasteiger partial charge on any atom is -0.301 e. The van der Waals surface area contributed by atoms with Gasteiger partial charge in [-0.3, -0.25) is 0 Å². The van der Waals surface area contributed by atoms with E-state index in [1.165, 1.54) is 10.6 Å². The van der Waals surface area contributed by atoms with Gasteiger partial charge in [-0.25, -0.2) is 0 Å². The van der Waals surface area contributed by atoms with Crippen molar-refractivity contribution in [2.24, 2.45) is 0 Å². The molecule has 0 saturated heterocycles. The van der Waals surface area contributed by atoms with Crippen molar-refractivity contribution < 1.29 is 0 Å². The van der Waals surface area contributed by atoms with Gasteiger partial charge in [0.05, 0.1) is 33.9 Å². The molecule has 1 unspecified atom stereocenters. The lowest BCUT2D eigenvalue weighted by molar-refractivity contribution is 1.08. The van der Waals surface area contributed by atoms with E-state index >= 15 is 0 Å². The molecule has 0 aliphatic carbocycles. The van der Waals surface area contributed by atoms with Crippen molar-refractivity contribution >= 4 is 40.3 Å². The van der Waals surface area contributed by atoms with Crippen LogP contribution in [0.2, 0.25) is 0 Å². The molecule has 58 valence electrons. The maximum atomic E-state index is 2.36. The molecule has 1 atom stereocenters. The SMILES string of the molecule is CC1Sc2ccccc2N1I. The van der Waals surface area contributed by atoms with Crippen molar-refractivity contribution in [2.45, 2.75) is 17.2 Å². The third kappa shape index (κ3) is 1.24. The standard InChI is InChI=1S/C8H8INS/c1-6-10(9)7-4-2-3-5-8(7)11-6/h2-6H,1H3. The number of para-hydroxylation sites is 1. The van der Waals surface area contributed by atoms with Crippen molar-refractivity contribution in [3.63, 3.8) is 0 Å². The van der Waals surface area contributed by atoms with Crippen LogP contribution in [0.25, 0.3) is 0 Å². The van der Waals surface area contributed by atoms with Gasteiger partial charge in [0.1, 0.15) is 0 Å². The van der Waals surface area contributed by atoms with Gasteiger partial charge in [0.15, 0.2) is 0 Å². The summed E-state index contributed by atoms with van der Waals surface area (Å²) in [5, 5.41) is 0.577. The van der Waals surface area contributed by atoms with E-state index in [-0.39, 0.29) is 0 Å². The van der Waals surface area contributed by atoms with E-state index in [0.717, 1.165) is 0 Å². The summed E-state index contributed by atoms with van der Waals surface area (Å²) < 4.78 is 2.28. The highest BCUT2D eigenvalue weighted by Gasteiger charge is 2.23. The number of fused-ring (bicyclic) bond motifs is 1. The molecule has 0 spiro atoms. The molecule has 0 bridgehead atoms. The second-order valence-corrected chi connectivity index (χ2v) is 4.89. The highest BCUT2D eigenvalue weighted by Crippen LogP contribution is 2.44. The summed E-state index contributed by atoms with van der Waals surface area (Å²) in [6.45, 7) is 2.22. The molecule has 1 heterocycles. The van der Waals surface area contributed by atoms with E-state index in [2.05, 4.69) is 57.2 Å². The first-order valence-corrected chi connectivity index (χ1v) is 5.34. The highest BCUT2D eigenvalue weighted by atomic mass is 127. The molecule has 1 aliphatic rings. The molecule has 0 fully saturated rings.